The second-order valence-corrected chi connectivity index (χ2v) is 8.76. The zero-order valence-electron chi connectivity index (χ0n) is 19.3. The van der Waals surface area contributed by atoms with Crippen LogP contribution in [0.4, 0.5) is 5.69 Å². The van der Waals surface area contributed by atoms with Gasteiger partial charge in [0.05, 0.1) is 5.69 Å². The Balaban J connectivity index is 1.56. The number of nitrogens with zero attached hydrogens (tertiary/aromatic N) is 2. The molecule has 2 aliphatic rings. The van der Waals surface area contributed by atoms with Crippen LogP contribution in [-0.4, -0.2) is 28.3 Å². The summed E-state index contributed by atoms with van der Waals surface area (Å²) in [5.74, 6) is 0.435. The second-order valence-electron chi connectivity index (χ2n) is 8.38. The summed E-state index contributed by atoms with van der Waals surface area (Å²) in [5.41, 5.74) is 6.15. The molecule has 5 rings (SSSR count). The molecule has 2 amide bonds. The van der Waals surface area contributed by atoms with E-state index in [0.717, 1.165) is 33.8 Å². The van der Waals surface area contributed by atoms with Gasteiger partial charge in [0.25, 0.3) is 11.8 Å². The van der Waals surface area contributed by atoms with Gasteiger partial charge in [0.15, 0.2) is 16.6 Å². The van der Waals surface area contributed by atoms with Crippen molar-refractivity contribution in [2.45, 2.75) is 27.7 Å². The Bertz CT molecular complexity index is 1420. The Morgan fingerprint density at radius 3 is 2.56 bits per heavy atom. The highest BCUT2D eigenvalue weighted by Gasteiger charge is 2.35. The van der Waals surface area contributed by atoms with Crippen LogP contribution in [0.1, 0.15) is 28.1 Å². The zero-order valence-corrected chi connectivity index (χ0v) is 20.1. The summed E-state index contributed by atoms with van der Waals surface area (Å²) >= 11 is 5.36. The van der Waals surface area contributed by atoms with Gasteiger partial charge < -0.3 is 14.0 Å². The smallest absolute Gasteiger partial charge is 0.270 e. The van der Waals surface area contributed by atoms with Gasteiger partial charge in [0.2, 0.25) is 6.79 Å². The largest absolute Gasteiger partial charge is 0.454 e. The number of thiocarbonyl (C=S) groups is 1. The van der Waals surface area contributed by atoms with E-state index in [-0.39, 0.29) is 17.5 Å². The number of fused-ring (bicyclic) bond motifs is 1. The van der Waals surface area contributed by atoms with E-state index in [1.165, 1.54) is 4.90 Å². The van der Waals surface area contributed by atoms with Gasteiger partial charge in [-0.2, -0.15) is 0 Å². The first-order valence-corrected chi connectivity index (χ1v) is 11.2. The number of anilines is 1. The maximum Gasteiger partial charge on any atom is 0.270 e. The minimum atomic E-state index is -0.510. The van der Waals surface area contributed by atoms with E-state index in [4.69, 9.17) is 21.7 Å². The predicted octanol–water partition coefficient (Wildman–Crippen LogP) is 4.27. The predicted molar refractivity (Wildman–Crippen MR) is 133 cm³/mol. The lowest BCUT2D eigenvalue weighted by Crippen LogP contribution is -2.54. The molecule has 2 aliphatic heterocycles. The van der Waals surface area contributed by atoms with Gasteiger partial charge in [-0.05, 0) is 86.9 Å². The summed E-state index contributed by atoms with van der Waals surface area (Å²) in [5, 5.41) is 2.74. The SMILES string of the molecule is Cc1cccc(N2C(=O)C(=Cc3cc(C)n(-c4ccc5c(c4)OCO5)c3C)C(=O)NC2=S)c1C. The number of ether oxygens (including phenoxy) is 2. The van der Waals surface area contributed by atoms with Crippen molar-refractivity contribution in [1.82, 2.24) is 9.88 Å². The van der Waals surface area contributed by atoms with Gasteiger partial charge in [-0.3, -0.25) is 19.8 Å². The maximum atomic E-state index is 13.5. The van der Waals surface area contributed by atoms with Crippen molar-refractivity contribution in [3.8, 4) is 17.2 Å². The molecule has 7 nitrogen and oxygen atoms in total. The van der Waals surface area contributed by atoms with Gasteiger partial charge >= 0.3 is 0 Å². The molecular weight excluding hydrogens is 450 g/mol. The molecular formula is C26H23N3O4S. The lowest BCUT2D eigenvalue weighted by Gasteiger charge is -2.30. The topological polar surface area (TPSA) is 72.8 Å². The average molecular weight is 474 g/mol. The summed E-state index contributed by atoms with van der Waals surface area (Å²) in [7, 11) is 0. The van der Waals surface area contributed by atoms with Crippen LogP contribution in [0.5, 0.6) is 11.5 Å². The molecule has 0 unspecified atom stereocenters. The van der Waals surface area contributed by atoms with Crippen molar-refractivity contribution >= 4 is 40.9 Å². The lowest BCUT2D eigenvalue weighted by molar-refractivity contribution is -0.122. The third kappa shape index (κ3) is 3.47. The molecule has 0 saturated carbocycles. The highest BCUT2D eigenvalue weighted by molar-refractivity contribution is 7.80. The lowest BCUT2D eigenvalue weighted by atomic mass is 10.0. The summed E-state index contributed by atoms with van der Waals surface area (Å²) < 4.78 is 13.0. The van der Waals surface area contributed by atoms with Crippen LogP contribution in [0.2, 0.25) is 0 Å². The van der Waals surface area contributed by atoms with Crippen LogP contribution >= 0.6 is 12.2 Å². The zero-order chi connectivity index (χ0) is 24.1. The minimum Gasteiger partial charge on any atom is -0.454 e. The Morgan fingerprint density at radius 2 is 1.76 bits per heavy atom. The molecule has 0 radical (unpaired) electrons. The third-order valence-corrected chi connectivity index (χ3v) is 6.59. The quantitative estimate of drug-likeness (QED) is 0.349. The van der Waals surface area contributed by atoms with E-state index < -0.39 is 11.8 Å². The number of carbonyl (C=O) groups excluding carboxylic acids is 2. The van der Waals surface area contributed by atoms with Crippen molar-refractivity contribution in [2.24, 2.45) is 0 Å². The second kappa shape index (κ2) is 8.14. The van der Waals surface area contributed by atoms with Crippen molar-refractivity contribution in [1.29, 1.82) is 0 Å². The fraction of sp³-hybridized carbons (Fsp3) is 0.192. The Morgan fingerprint density at radius 1 is 1.00 bits per heavy atom. The summed E-state index contributed by atoms with van der Waals surface area (Å²) in [6.45, 7) is 8.02. The Hall–Kier alpha value is -3.91. The summed E-state index contributed by atoms with van der Waals surface area (Å²) in [6.07, 6.45) is 1.63. The van der Waals surface area contributed by atoms with Gasteiger partial charge in [0.1, 0.15) is 5.57 Å². The van der Waals surface area contributed by atoms with Crippen molar-refractivity contribution in [3.05, 3.63) is 76.1 Å². The van der Waals surface area contributed by atoms with E-state index in [1.807, 2.05) is 74.7 Å². The van der Waals surface area contributed by atoms with E-state index >= 15 is 0 Å². The highest BCUT2D eigenvalue weighted by Crippen LogP contribution is 2.35. The van der Waals surface area contributed by atoms with Crippen molar-refractivity contribution in [2.75, 3.05) is 11.7 Å². The molecule has 2 aromatic carbocycles. The highest BCUT2D eigenvalue weighted by atomic mass is 32.1. The van der Waals surface area contributed by atoms with Crippen LogP contribution in [0, 0.1) is 27.7 Å². The first kappa shape index (κ1) is 21.9. The van der Waals surface area contributed by atoms with Crippen LogP contribution in [-0.2, 0) is 9.59 Å². The van der Waals surface area contributed by atoms with Gasteiger partial charge in [0, 0.05) is 23.1 Å². The molecule has 3 aromatic rings. The van der Waals surface area contributed by atoms with Crippen LogP contribution < -0.4 is 19.7 Å². The average Bonchev–Trinajstić information content (AvgIpc) is 3.37. The number of hydrogen-bond acceptors (Lipinski definition) is 5. The molecule has 1 aromatic heterocycles. The van der Waals surface area contributed by atoms with Gasteiger partial charge in [-0.25, -0.2) is 0 Å². The molecule has 0 spiro atoms. The van der Waals surface area contributed by atoms with E-state index in [2.05, 4.69) is 5.32 Å². The fourth-order valence-electron chi connectivity index (χ4n) is 4.36. The van der Waals surface area contributed by atoms with Crippen molar-refractivity contribution < 1.29 is 19.1 Å². The number of hydrogen-bond donors (Lipinski definition) is 1. The van der Waals surface area contributed by atoms with Crippen LogP contribution in [0.15, 0.2) is 48.0 Å². The molecule has 0 aliphatic carbocycles. The molecule has 0 atom stereocenters. The molecule has 3 heterocycles. The number of aryl methyl sites for hydroxylation is 2. The van der Waals surface area contributed by atoms with E-state index in [1.54, 1.807) is 6.08 Å². The van der Waals surface area contributed by atoms with Gasteiger partial charge in [-0.1, -0.05) is 12.1 Å². The third-order valence-electron chi connectivity index (χ3n) is 6.30. The number of carbonyl (C=O) groups is 2. The first-order valence-electron chi connectivity index (χ1n) is 10.8. The Kier molecular flexibility index (Phi) is 5.25. The van der Waals surface area contributed by atoms with Crippen molar-refractivity contribution in [3.63, 3.8) is 0 Å². The number of aromatic nitrogens is 1. The molecule has 172 valence electrons. The molecule has 8 heteroatoms. The van der Waals surface area contributed by atoms with Gasteiger partial charge in [-0.15, -0.1) is 0 Å². The minimum absolute atomic E-state index is 0.0282. The molecule has 1 fully saturated rings. The molecule has 34 heavy (non-hydrogen) atoms. The molecule has 1 N–H and O–H groups in total. The Labute approximate surface area is 202 Å². The number of nitrogens with one attached hydrogen (secondary N) is 1. The van der Waals surface area contributed by atoms with Crippen LogP contribution in [0.3, 0.4) is 0 Å². The fourth-order valence-corrected chi connectivity index (χ4v) is 4.64. The monoisotopic (exact) mass is 473 g/mol. The van der Waals surface area contributed by atoms with Crippen LogP contribution in [0.25, 0.3) is 11.8 Å². The normalized spacial score (nSPS) is 16.4. The first-order chi connectivity index (χ1) is 16.3. The summed E-state index contributed by atoms with van der Waals surface area (Å²) in [4.78, 5) is 27.7. The standard InChI is InChI=1S/C26H23N3O4S/c1-14-6-5-7-21(16(14)3)29-25(31)20(24(30)27-26(29)34)11-18-10-15(2)28(17(18)4)19-8-9-22-23(12-19)33-13-32-22/h5-12H,13H2,1-4H3,(H,27,30,34). The number of amides is 2. The molecule has 1 saturated heterocycles. The molecule has 0 bridgehead atoms. The summed E-state index contributed by atoms with van der Waals surface area (Å²) in [6, 6.07) is 13.3. The maximum absolute atomic E-state index is 13.5. The number of benzene rings is 2. The number of rotatable bonds is 3. The van der Waals surface area contributed by atoms with E-state index in [9.17, 15) is 9.59 Å². The van der Waals surface area contributed by atoms with E-state index in [0.29, 0.717) is 17.2 Å².